The molecule has 0 bridgehead atoms. The fourth-order valence-electron chi connectivity index (χ4n) is 2.23. The molecule has 6 nitrogen and oxygen atoms in total. The lowest BCUT2D eigenvalue weighted by Crippen LogP contribution is -2.45. The number of morpholine rings is 1. The Hall–Kier alpha value is -2.34. The number of nitrogens with one attached hydrogen (secondary N) is 1. The Balaban J connectivity index is 1.56. The molecular weight excluding hydrogens is 268 g/mol. The Labute approximate surface area is 123 Å². The molecule has 3 rings (SSSR count). The molecule has 2 amide bonds. The van der Waals surface area contributed by atoms with Crippen LogP contribution in [0.5, 0.6) is 0 Å². The van der Waals surface area contributed by atoms with Crippen molar-refractivity contribution >= 4 is 6.03 Å². The summed E-state index contributed by atoms with van der Waals surface area (Å²) >= 11 is 0. The first-order valence-electron chi connectivity index (χ1n) is 7.02. The number of benzene rings is 1. The number of carbonyl (C=O) groups excluding carboxylic acids is 1. The molecule has 2 heterocycles. The van der Waals surface area contributed by atoms with Crippen molar-refractivity contribution in [3.05, 3.63) is 48.3 Å². The fourth-order valence-corrected chi connectivity index (χ4v) is 2.23. The highest BCUT2D eigenvalue weighted by molar-refractivity contribution is 5.74. The third-order valence-corrected chi connectivity index (χ3v) is 3.40. The van der Waals surface area contributed by atoms with Gasteiger partial charge in [0.25, 0.3) is 0 Å². The van der Waals surface area contributed by atoms with Crippen molar-refractivity contribution in [3.8, 4) is 5.69 Å². The molecule has 0 atom stereocenters. The number of amides is 2. The van der Waals surface area contributed by atoms with Gasteiger partial charge in [0.2, 0.25) is 0 Å². The summed E-state index contributed by atoms with van der Waals surface area (Å²) in [5.74, 6) is 0. The van der Waals surface area contributed by atoms with Crippen LogP contribution in [0.4, 0.5) is 4.79 Å². The summed E-state index contributed by atoms with van der Waals surface area (Å²) in [6.07, 6.45) is 3.70. The van der Waals surface area contributed by atoms with Gasteiger partial charge in [-0.25, -0.2) is 9.48 Å². The van der Waals surface area contributed by atoms with Crippen LogP contribution >= 0.6 is 0 Å². The molecule has 1 fully saturated rings. The fraction of sp³-hybridized carbons (Fsp3) is 0.333. The molecule has 2 aromatic rings. The lowest BCUT2D eigenvalue weighted by molar-refractivity contribution is 0.0531. The number of hydrogen-bond acceptors (Lipinski definition) is 3. The van der Waals surface area contributed by atoms with E-state index in [1.165, 1.54) is 0 Å². The zero-order chi connectivity index (χ0) is 14.5. The van der Waals surface area contributed by atoms with Crippen molar-refractivity contribution in [2.45, 2.75) is 6.54 Å². The first kappa shape index (κ1) is 13.6. The van der Waals surface area contributed by atoms with Gasteiger partial charge < -0.3 is 15.0 Å². The van der Waals surface area contributed by atoms with E-state index in [0.717, 1.165) is 11.3 Å². The monoisotopic (exact) mass is 286 g/mol. The molecule has 0 aliphatic carbocycles. The Morgan fingerprint density at radius 1 is 1.24 bits per heavy atom. The molecule has 1 aliphatic rings. The summed E-state index contributed by atoms with van der Waals surface area (Å²) < 4.78 is 7.03. The molecule has 6 heteroatoms. The molecule has 1 aromatic heterocycles. The molecule has 0 saturated carbocycles. The summed E-state index contributed by atoms with van der Waals surface area (Å²) in [6, 6.07) is 9.84. The molecule has 0 spiro atoms. The maximum absolute atomic E-state index is 12.0. The number of para-hydroxylation sites is 1. The van der Waals surface area contributed by atoms with Gasteiger partial charge in [0.15, 0.2) is 0 Å². The number of nitrogens with zero attached hydrogens (tertiary/aromatic N) is 3. The molecule has 0 radical (unpaired) electrons. The van der Waals surface area contributed by atoms with Crippen LogP contribution in [0.2, 0.25) is 0 Å². The number of urea groups is 1. The Morgan fingerprint density at radius 3 is 2.76 bits per heavy atom. The van der Waals surface area contributed by atoms with Crippen LogP contribution in [-0.2, 0) is 11.3 Å². The predicted molar refractivity (Wildman–Crippen MR) is 78.2 cm³/mol. The summed E-state index contributed by atoms with van der Waals surface area (Å²) in [7, 11) is 0. The zero-order valence-electron chi connectivity index (χ0n) is 11.7. The van der Waals surface area contributed by atoms with Gasteiger partial charge in [-0.3, -0.25) is 0 Å². The van der Waals surface area contributed by atoms with Crippen LogP contribution in [0.1, 0.15) is 5.56 Å². The first-order valence-corrected chi connectivity index (χ1v) is 7.02. The van der Waals surface area contributed by atoms with Gasteiger partial charge in [-0.2, -0.15) is 5.10 Å². The van der Waals surface area contributed by atoms with E-state index in [4.69, 9.17) is 4.74 Å². The molecule has 0 unspecified atom stereocenters. The van der Waals surface area contributed by atoms with E-state index in [2.05, 4.69) is 10.4 Å². The number of hydrogen-bond donors (Lipinski definition) is 1. The standard InChI is InChI=1S/C15H18N4O2/c20-15(18-6-8-21-9-7-18)16-10-13-11-17-19(12-13)14-4-2-1-3-5-14/h1-5,11-12H,6-10H2,(H,16,20). The zero-order valence-corrected chi connectivity index (χ0v) is 11.7. The van der Waals surface area contributed by atoms with Gasteiger partial charge in [-0.05, 0) is 12.1 Å². The van der Waals surface area contributed by atoms with Crippen molar-refractivity contribution in [1.29, 1.82) is 0 Å². The Morgan fingerprint density at radius 2 is 2.00 bits per heavy atom. The number of ether oxygens (including phenoxy) is 1. The quantitative estimate of drug-likeness (QED) is 0.928. The minimum atomic E-state index is -0.0502. The Bertz CT molecular complexity index is 591. The van der Waals surface area contributed by atoms with Crippen molar-refractivity contribution in [2.24, 2.45) is 0 Å². The maximum atomic E-state index is 12.0. The van der Waals surface area contributed by atoms with Crippen LogP contribution in [0.25, 0.3) is 5.69 Å². The second-order valence-corrected chi connectivity index (χ2v) is 4.89. The summed E-state index contributed by atoms with van der Waals surface area (Å²) in [5.41, 5.74) is 1.98. The van der Waals surface area contributed by atoms with Crippen molar-refractivity contribution in [1.82, 2.24) is 20.0 Å². The number of aromatic nitrogens is 2. The minimum absolute atomic E-state index is 0.0502. The van der Waals surface area contributed by atoms with E-state index in [1.54, 1.807) is 15.8 Å². The third kappa shape index (κ3) is 3.41. The summed E-state index contributed by atoms with van der Waals surface area (Å²) in [4.78, 5) is 13.7. The van der Waals surface area contributed by atoms with Gasteiger partial charge >= 0.3 is 6.03 Å². The van der Waals surface area contributed by atoms with E-state index >= 15 is 0 Å². The molecular formula is C15H18N4O2. The van der Waals surface area contributed by atoms with Gasteiger partial charge in [-0.15, -0.1) is 0 Å². The first-order chi connectivity index (χ1) is 10.3. The van der Waals surface area contributed by atoms with E-state index < -0.39 is 0 Å². The van der Waals surface area contributed by atoms with Crippen LogP contribution < -0.4 is 5.32 Å². The van der Waals surface area contributed by atoms with Gasteiger partial charge in [0.05, 0.1) is 25.1 Å². The van der Waals surface area contributed by atoms with Crippen LogP contribution in [-0.4, -0.2) is 47.0 Å². The summed E-state index contributed by atoms with van der Waals surface area (Å²) in [5, 5.41) is 7.22. The topological polar surface area (TPSA) is 59.4 Å². The van der Waals surface area contributed by atoms with Crippen molar-refractivity contribution in [2.75, 3.05) is 26.3 Å². The number of carbonyl (C=O) groups is 1. The molecule has 21 heavy (non-hydrogen) atoms. The van der Waals surface area contributed by atoms with Crippen molar-refractivity contribution in [3.63, 3.8) is 0 Å². The second-order valence-electron chi connectivity index (χ2n) is 4.89. The van der Waals surface area contributed by atoms with Crippen molar-refractivity contribution < 1.29 is 9.53 Å². The minimum Gasteiger partial charge on any atom is -0.378 e. The van der Waals surface area contributed by atoms with E-state index in [1.807, 2.05) is 36.5 Å². The van der Waals surface area contributed by atoms with Crippen LogP contribution in [0.15, 0.2) is 42.7 Å². The van der Waals surface area contributed by atoms with E-state index in [9.17, 15) is 4.79 Å². The van der Waals surface area contributed by atoms with Crippen LogP contribution in [0, 0.1) is 0 Å². The third-order valence-electron chi connectivity index (χ3n) is 3.40. The average molecular weight is 286 g/mol. The predicted octanol–water partition coefficient (Wildman–Crippen LogP) is 1.41. The average Bonchev–Trinajstić information content (AvgIpc) is 3.03. The highest BCUT2D eigenvalue weighted by Gasteiger charge is 2.16. The van der Waals surface area contributed by atoms with Gasteiger partial charge in [0, 0.05) is 31.4 Å². The molecule has 110 valence electrons. The number of rotatable bonds is 3. The van der Waals surface area contributed by atoms with Gasteiger partial charge in [-0.1, -0.05) is 18.2 Å². The Kier molecular flexibility index (Phi) is 4.16. The normalized spacial score (nSPS) is 15.0. The molecule has 1 N–H and O–H groups in total. The molecule has 1 saturated heterocycles. The summed E-state index contributed by atoms with van der Waals surface area (Å²) in [6.45, 7) is 2.99. The maximum Gasteiger partial charge on any atom is 0.317 e. The SMILES string of the molecule is O=C(NCc1cnn(-c2ccccc2)c1)N1CCOCC1. The largest absolute Gasteiger partial charge is 0.378 e. The van der Waals surface area contributed by atoms with E-state index in [0.29, 0.717) is 32.8 Å². The molecule has 1 aromatic carbocycles. The lowest BCUT2D eigenvalue weighted by Gasteiger charge is -2.26. The van der Waals surface area contributed by atoms with Crippen LogP contribution in [0.3, 0.4) is 0 Å². The smallest absolute Gasteiger partial charge is 0.317 e. The molecule has 1 aliphatic heterocycles. The van der Waals surface area contributed by atoms with E-state index in [-0.39, 0.29) is 6.03 Å². The highest BCUT2D eigenvalue weighted by atomic mass is 16.5. The van der Waals surface area contributed by atoms with Gasteiger partial charge in [0.1, 0.15) is 0 Å². The lowest BCUT2D eigenvalue weighted by atomic mass is 10.3. The second kappa shape index (κ2) is 6.41. The highest BCUT2D eigenvalue weighted by Crippen LogP contribution is 2.07.